The van der Waals surface area contributed by atoms with Gasteiger partial charge in [-0.2, -0.15) is 0 Å². The van der Waals surface area contributed by atoms with E-state index >= 15 is 0 Å². The first-order valence-corrected chi connectivity index (χ1v) is 16.1. The number of nitrogens with zero attached hydrogens (tertiary/aromatic N) is 5. The summed E-state index contributed by atoms with van der Waals surface area (Å²) in [6.45, 7) is 11.5. The molecule has 0 aliphatic carbocycles. The van der Waals surface area contributed by atoms with Gasteiger partial charge in [0.05, 0.1) is 13.2 Å². The number of anilines is 2. The number of amides is 1. The molecule has 2 aliphatic heterocycles. The number of carbonyl (C=O) groups is 1. The Bertz CT molecular complexity index is 1230. The van der Waals surface area contributed by atoms with Crippen molar-refractivity contribution in [2.45, 2.75) is 77.9 Å². The molecule has 0 unspecified atom stereocenters. The Morgan fingerprint density at radius 2 is 1.76 bits per heavy atom. The van der Waals surface area contributed by atoms with Gasteiger partial charge in [0.15, 0.2) is 0 Å². The van der Waals surface area contributed by atoms with Crippen LogP contribution in [-0.4, -0.2) is 70.4 Å². The van der Waals surface area contributed by atoms with Crippen LogP contribution in [0.5, 0.6) is 5.75 Å². The van der Waals surface area contributed by atoms with Crippen LogP contribution in [0, 0.1) is 5.92 Å². The molecule has 2 saturated heterocycles. The topological polar surface area (TPSA) is 87.5 Å². The minimum atomic E-state index is 0.0798. The SMILES string of the molecule is CCOc1ccc(NCc2cccn2-c2nnc(N3CCC(C(=O)NCCCN4[C@H](C)CCC[C@@H]4C)CC3)s2)cc1. The molecule has 41 heavy (non-hydrogen) atoms. The largest absolute Gasteiger partial charge is 0.494 e. The minimum absolute atomic E-state index is 0.0798. The molecule has 9 nitrogen and oxygen atoms in total. The Kier molecular flexibility index (Phi) is 10.2. The lowest BCUT2D eigenvalue weighted by atomic mass is 9.96. The number of likely N-dealkylation sites (tertiary alicyclic amines) is 1. The van der Waals surface area contributed by atoms with Gasteiger partial charge in [0.25, 0.3) is 0 Å². The first-order chi connectivity index (χ1) is 20.0. The molecular formula is C31H45N7O2S. The van der Waals surface area contributed by atoms with Gasteiger partial charge in [-0.1, -0.05) is 17.8 Å². The zero-order valence-corrected chi connectivity index (χ0v) is 25.5. The van der Waals surface area contributed by atoms with Crippen molar-refractivity contribution >= 4 is 28.1 Å². The maximum Gasteiger partial charge on any atom is 0.223 e. The lowest BCUT2D eigenvalue weighted by Crippen LogP contribution is -2.45. The van der Waals surface area contributed by atoms with Crippen LogP contribution in [0.3, 0.4) is 0 Å². The summed E-state index contributed by atoms with van der Waals surface area (Å²) in [5.74, 6) is 1.16. The summed E-state index contributed by atoms with van der Waals surface area (Å²) in [6, 6.07) is 13.5. The van der Waals surface area contributed by atoms with Crippen LogP contribution in [-0.2, 0) is 11.3 Å². The minimum Gasteiger partial charge on any atom is -0.494 e. The molecule has 222 valence electrons. The summed E-state index contributed by atoms with van der Waals surface area (Å²) in [6.07, 6.45) is 8.67. The van der Waals surface area contributed by atoms with Gasteiger partial charge in [0, 0.05) is 61.8 Å². The molecule has 1 aromatic carbocycles. The van der Waals surface area contributed by atoms with E-state index in [-0.39, 0.29) is 11.8 Å². The van der Waals surface area contributed by atoms with Crippen LogP contribution in [0.25, 0.3) is 5.13 Å². The number of ether oxygens (including phenoxy) is 1. The van der Waals surface area contributed by atoms with E-state index in [2.05, 4.69) is 55.1 Å². The maximum absolute atomic E-state index is 12.8. The Morgan fingerprint density at radius 1 is 1.02 bits per heavy atom. The van der Waals surface area contributed by atoms with Crippen molar-refractivity contribution in [3.8, 4) is 10.9 Å². The number of carbonyl (C=O) groups excluding carboxylic acids is 1. The first kappa shape index (κ1) is 29.4. The number of hydrogen-bond acceptors (Lipinski definition) is 8. The van der Waals surface area contributed by atoms with Crippen LogP contribution < -0.4 is 20.3 Å². The number of aromatic nitrogens is 3. The van der Waals surface area contributed by atoms with E-state index in [1.807, 2.05) is 43.5 Å². The average Bonchev–Trinajstić information content (AvgIpc) is 3.66. The third kappa shape index (κ3) is 7.60. The number of hydrogen-bond donors (Lipinski definition) is 2. The Balaban J connectivity index is 1.06. The van der Waals surface area contributed by atoms with Crippen molar-refractivity contribution in [2.75, 3.05) is 43.0 Å². The van der Waals surface area contributed by atoms with Crippen LogP contribution in [0.15, 0.2) is 42.6 Å². The fourth-order valence-electron chi connectivity index (χ4n) is 6.07. The van der Waals surface area contributed by atoms with Crippen molar-refractivity contribution in [2.24, 2.45) is 5.92 Å². The summed E-state index contributed by atoms with van der Waals surface area (Å²) in [5, 5.41) is 17.5. The van der Waals surface area contributed by atoms with Gasteiger partial charge in [-0.25, -0.2) is 0 Å². The standard InChI is InChI=1S/C31H45N7O2S/c1-4-40-28-13-11-26(12-14-28)33-22-27-10-6-18-38(27)31-35-34-30(41-31)36-20-15-25(16-21-36)29(39)32-17-7-19-37-23(2)8-5-9-24(37)3/h6,10-14,18,23-25,33H,4-5,7-9,15-17,19-22H2,1-3H3,(H,32,39)/t23-,24+. The van der Waals surface area contributed by atoms with Crippen molar-refractivity contribution in [3.63, 3.8) is 0 Å². The second-order valence-corrected chi connectivity index (χ2v) is 12.3. The maximum atomic E-state index is 12.8. The van der Waals surface area contributed by atoms with E-state index in [1.54, 1.807) is 11.3 Å². The number of piperidine rings is 2. The second kappa shape index (κ2) is 14.2. The molecule has 1 amide bonds. The monoisotopic (exact) mass is 579 g/mol. The lowest BCUT2D eigenvalue weighted by Gasteiger charge is -2.39. The zero-order chi connectivity index (χ0) is 28.6. The van der Waals surface area contributed by atoms with Crippen molar-refractivity contribution in [3.05, 3.63) is 48.3 Å². The van der Waals surface area contributed by atoms with E-state index < -0.39 is 0 Å². The Hall–Kier alpha value is -3.11. The molecule has 0 bridgehead atoms. The number of benzene rings is 1. The molecule has 2 N–H and O–H groups in total. The third-order valence-corrected chi connectivity index (χ3v) is 9.47. The molecule has 0 saturated carbocycles. The van der Waals surface area contributed by atoms with E-state index in [1.165, 1.54) is 19.3 Å². The number of nitrogens with one attached hydrogen (secondary N) is 2. The predicted octanol–water partition coefficient (Wildman–Crippen LogP) is 5.33. The lowest BCUT2D eigenvalue weighted by molar-refractivity contribution is -0.125. The summed E-state index contributed by atoms with van der Waals surface area (Å²) < 4.78 is 7.62. The molecule has 0 radical (unpaired) electrons. The van der Waals surface area contributed by atoms with E-state index in [9.17, 15) is 4.79 Å². The first-order valence-electron chi connectivity index (χ1n) is 15.3. The van der Waals surface area contributed by atoms with Gasteiger partial charge in [-0.05, 0) is 89.3 Å². The van der Waals surface area contributed by atoms with E-state index in [0.717, 1.165) is 72.8 Å². The fourth-order valence-corrected chi connectivity index (χ4v) is 6.99. The molecule has 4 heterocycles. The van der Waals surface area contributed by atoms with E-state index in [0.29, 0.717) is 25.2 Å². The van der Waals surface area contributed by atoms with E-state index in [4.69, 9.17) is 4.74 Å². The van der Waals surface area contributed by atoms with Crippen LogP contribution in [0.2, 0.25) is 0 Å². The van der Waals surface area contributed by atoms with Crippen LogP contribution in [0.1, 0.15) is 65.0 Å². The highest BCUT2D eigenvalue weighted by atomic mass is 32.1. The Morgan fingerprint density at radius 3 is 2.49 bits per heavy atom. The zero-order valence-electron chi connectivity index (χ0n) is 24.7. The smallest absolute Gasteiger partial charge is 0.223 e. The highest BCUT2D eigenvalue weighted by molar-refractivity contribution is 7.17. The van der Waals surface area contributed by atoms with Crippen LogP contribution >= 0.6 is 11.3 Å². The van der Waals surface area contributed by atoms with Gasteiger partial charge >= 0.3 is 0 Å². The van der Waals surface area contributed by atoms with Gasteiger partial charge in [-0.15, -0.1) is 10.2 Å². The molecule has 2 atom stereocenters. The molecular weight excluding hydrogens is 534 g/mol. The van der Waals surface area contributed by atoms with Crippen molar-refractivity contribution < 1.29 is 9.53 Å². The van der Waals surface area contributed by atoms with Gasteiger partial charge in [0.2, 0.25) is 16.2 Å². The van der Waals surface area contributed by atoms with Gasteiger partial charge in [0.1, 0.15) is 5.75 Å². The quantitative estimate of drug-likeness (QED) is 0.281. The summed E-state index contributed by atoms with van der Waals surface area (Å²) in [7, 11) is 0. The third-order valence-electron chi connectivity index (χ3n) is 8.49. The predicted molar refractivity (Wildman–Crippen MR) is 166 cm³/mol. The average molecular weight is 580 g/mol. The Labute approximate surface area is 248 Å². The van der Waals surface area contributed by atoms with Crippen molar-refractivity contribution in [1.29, 1.82) is 0 Å². The summed E-state index contributed by atoms with van der Waals surface area (Å²) >= 11 is 1.60. The number of rotatable bonds is 12. The molecule has 2 fully saturated rings. The molecule has 5 rings (SSSR count). The van der Waals surface area contributed by atoms with Crippen LogP contribution in [0.4, 0.5) is 10.8 Å². The molecule has 2 aliphatic rings. The van der Waals surface area contributed by atoms with Gasteiger partial charge < -0.3 is 20.3 Å². The normalized spacial score (nSPS) is 20.2. The molecule has 0 spiro atoms. The molecule has 3 aromatic rings. The fraction of sp³-hybridized carbons (Fsp3) is 0.581. The highest BCUT2D eigenvalue weighted by Crippen LogP contribution is 2.29. The molecule has 10 heteroatoms. The molecule has 2 aromatic heterocycles. The summed E-state index contributed by atoms with van der Waals surface area (Å²) in [4.78, 5) is 17.7. The van der Waals surface area contributed by atoms with Gasteiger partial charge in [-0.3, -0.25) is 14.3 Å². The van der Waals surface area contributed by atoms with Crippen molar-refractivity contribution in [1.82, 2.24) is 25.0 Å². The highest BCUT2D eigenvalue weighted by Gasteiger charge is 2.27. The summed E-state index contributed by atoms with van der Waals surface area (Å²) in [5.41, 5.74) is 2.15. The second-order valence-electron chi connectivity index (χ2n) is 11.3.